The van der Waals surface area contributed by atoms with Crippen LogP contribution in [0, 0.1) is 0 Å². The van der Waals surface area contributed by atoms with Gasteiger partial charge in [0.2, 0.25) is 0 Å². The Balaban J connectivity index is 1.71. The van der Waals surface area contributed by atoms with Crippen molar-refractivity contribution in [3.8, 4) is 0 Å². The molecule has 0 saturated heterocycles. The molecule has 0 saturated carbocycles. The second-order valence-electron chi connectivity index (χ2n) is 6.72. The Kier molecular flexibility index (Phi) is 4.87. The first kappa shape index (κ1) is 17.9. The van der Waals surface area contributed by atoms with Gasteiger partial charge in [0.1, 0.15) is 0 Å². The molecule has 1 unspecified atom stereocenters. The van der Waals surface area contributed by atoms with Crippen LogP contribution in [0.5, 0.6) is 0 Å². The molecule has 4 nitrogen and oxygen atoms in total. The van der Waals surface area contributed by atoms with Crippen LogP contribution in [0.2, 0.25) is 0 Å². The molecule has 0 bridgehead atoms. The van der Waals surface area contributed by atoms with Crippen molar-refractivity contribution in [1.29, 1.82) is 0 Å². The summed E-state index contributed by atoms with van der Waals surface area (Å²) in [6.07, 6.45) is 0.0700. The highest BCUT2D eigenvalue weighted by molar-refractivity contribution is 5.98. The first-order chi connectivity index (χ1) is 13.6. The van der Waals surface area contributed by atoms with Crippen molar-refractivity contribution in [2.45, 2.75) is 12.0 Å². The van der Waals surface area contributed by atoms with Crippen LogP contribution in [0.3, 0.4) is 0 Å². The molecule has 4 aromatic rings. The molecular formula is C24H20N2O2. The summed E-state index contributed by atoms with van der Waals surface area (Å²) in [6, 6.07) is 29.7. The van der Waals surface area contributed by atoms with Crippen LogP contribution in [-0.2, 0) is 16.8 Å². The van der Waals surface area contributed by atoms with E-state index in [1.54, 1.807) is 24.3 Å². The van der Waals surface area contributed by atoms with Crippen molar-refractivity contribution in [1.82, 2.24) is 4.98 Å². The number of hydrogen-bond donors (Lipinski definition) is 2. The smallest absolute Gasteiger partial charge is 0.261 e. The predicted octanol–water partition coefficient (Wildman–Crippen LogP) is 4.30. The molecule has 4 rings (SSSR count). The number of aromatic nitrogens is 1. The van der Waals surface area contributed by atoms with Gasteiger partial charge in [0.05, 0.1) is 5.52 Å². The maximum Gasteiger partial charge on any atom is 0.261 e. The van der Waals surface area contributed by atoms with Gasteiger partial charge in [-0.15, -0.1) is 0 Å². The SMILES string of the molecule is O=C(Nc1ccccc1)C(O)(Cc1ccc2ccccc2n1)c1ccccc1. The van der Waals surface area contributed by atoms with Crippen molar-refractivity contribution < 1.29 is 9.90 Å². The van der Waals surface area contributed by atoms with Gasteiger partial charge >= 0.3 is 0 Å². The standard InChI is InChI=1S/C24H20N2O2/c27-23(26-20-12-5-2-6-13-20)24(28,19-10-3-1-4-11-19)17-21-16-15-18-9-7-8-14-22(18)25-21/h1-16,28H,17H2,(H,26,27). The zero-order valence-corrected chi connectivity index (χ0v) is 15.2. The summed E-state index contributed by atoms with van der Waals surface area (Å²) in [7, 11) is 0. The molecule has 0 spiro atoms. The highest BCUT2D eigenvalue weighted by Crippen LogP contribution is 2.28. The molecule has 1 aromatic heterocycles. The second-order valence-corrected chi connectivity index (χ2v) is 6.72. The lowest BCUT2D eigenvalue weighted by Gasteiger charge is -2.27. The third-order valence-electron chi connectivity index (χ3n) is 4.75. The normalized spacial score (nSPS) is 13.0. The Hall–Kier alpha value is -3.50. The summed E-state index contributed by atoms with van der Waals surface area (Å²) in [5.74, 6) is -0.486. The fourth-order valence-electron chi connectivity index (χ4n) is 3.25. The molecule has 1 atom stereocenters. The van der Waals surface area contributed by atoms with E-state index >= 15 is 0 Å². The van der Waals surface area contributed by atoms with Crippen LogP contribution in [0.25, 0.3) is 10.9 Å². The number of anilines is 1. The monoisotopic (exact) mass is 368 g/mol. The van der Waals surface area contributed by atoms with Gasteiger partial charge in [-0.05, 0) is 29.8 Å². The fourth-order valence-corrected chi connectivity index (χ4v) is 3.25. The lowest BCUT2D eigenvalue weighted by Crippen LogP contribution is -2.42. The molecule has 2 N–H and O–H groups in total. The largest absolute Gasteiger partial charge is 0.375 e. The molecular weight excluding hydrogens is 348 g/mol. The molecule has 0 fully saturated rings. The topological polar surface area (TPSA) is 62.2 Å². The summed E-state index contributed by atoms with van der Waals surface area (Å²) in [4.78, 5) is 17.7. The minimum absolute atomic E-state index is 0.0700. The lowest BCUT2D eigenvalue weighted by molar-refractivity contribution is -0.135. The maximum atomic E-state index is 13.1. The number of aliphatic hydroxyl groups is 1. The Morgan fingerprint density at radius 2 is 1.46 bits per heavy atom. The Morgan fingerprint density at radius 3 is 2.21 bits per heavy atom. The van der Waals surface area contributed by atoms with Crippen molar-refractivity contribution in [2.75, 3.05) is 5.32 Å². The number of nitrogens with one attached hydrogen (secondary N) is 1. The number of carbonyl (C=O) groups excluding carboxylic acids is 1. The van der Waals surface area contributed by atoms with Crippen LogP contribution >= 0.6 is 0 Å². The van der Waals surface area contributed by atoms with E-state index < -0.39 is 11.5 Å². The van der Waals surface area contributed by atoms with Crippen LogP contribution in [-0.4, -0.2) is 16.0 Å². The van der Waals surface area contributed by atoms with Crippen LogP contribution in [0.15, 0.2) is 97.1 Å². The lowest BCUT2D eigenvalue weighted by atomic mass is 9.87. The maximum absolute atomic E-state index is 13.1. The molecule has 28 heavy (non-hydrogen) atoms. The number of benzene rings is 3. The predicted molar refractivity (Wildman–Crippen MR) is 111 cm³/mol. The zero-order valence-electron chi connectivity index (χ0n) is 15.2. The Labute approximate surface area is 163 Å². The van der Waals surface area contributed by atoms with Crippen LogP contribution < -0.4 is 5.32 Å². The van der Waals surface area contributed by atoms with E-state index in [2.05, 4.69) is 10.3 Å². The van der Waals surface area contributed by atoms with Crippen molar-refractivity contribution in [2.24, 2.45) is 0 Å². The van der Waals surface area contributed by atoms with E-state index in [1.165, 1.54) is 0 Å². The van der Waals surface area contributed by atoms with Gasteiger partial charge in [-0.2, -0.15) is 0 Å². The van der Waals surface area contributed by atoms with Crippen molar-refractivity contribution in [3.05, 3.63) is 108 Å². The third kappa shape index (κ3) is 3.63. The van der Waals surface area contributed by atoms with E-state index in [0.717, 1.165) is 10.9 Å². The summed E-state index contributed by atoms with van der Waals surface area (Å²) in [5, 5.41) is 15.3. The van der Waals surface area contributed by atoms with Gasteiger partial charge < -0.3 is 10.4 Å². The zero-order chi connectivity index (χ0) is 19.4. The van der Waals surface area contributed by atoms with E-state index in [4.69, 9.17) is 0 Å². The van der Waals surface area contributed by atoms with Crippen molar-refractivity contribution >= 4 is 22.5 Å². The Bertz CT molecular complexity index is 1100. The average Bonchev–Trinajstić information content (AvgIpc) is 2.75. The molecule has 4 heteroatoms. The van der Waals surface area contributed by atoms with Gasteiger partial charge in [0.15, 0.2) is 5.60 Å². The van der Waals surface area contributed by atoms with Gasteiger partial charge in [-0.25, -0.2) is 0 Å². The number of nitrogens with zero attached hydrogens (tertiary/aromatic N) is 1. The molecule has 0 aliphatic heterocycles. The fraction of sp³-hybridized carbons (Fsp3) is 0.0833. The number of pyridine rings is 1. The molecule has 1 amide bonds. The second kappa shape index (κ2) is 7.62. The van der Waals surface area contributed by atoms with E-state index in [0.29, 0.717) is 16.9 Å². The number of fused-ring (bicyclic) bond motifs is 1. The molecule has 3 aromatic carbocycles. The number of hydrogen-bond acceptors (Lipinski definition) is 3. The van der Waals surface area contributed by atoms with Gasteiger partial charge in [0, 0.05) is 23.2 Å². The molecule has 0 aliphatic rings. The highest BCUT2D eigenvalue weighted by atomic mass is 16.3. The molecule has 0 aliphatic carbocycles. The van der Waals surface area contributed by atoms with Crippen LogP contribution in [0.4, 0.5) is 5.69 Å². The number of carbonyl (C=O) groups is 1. The van der Waals surface area contributed by atoms with E-state index in [1.807, 2.05) is 72.8 Å². The molecule has 0 radical (unpaired) electrons. The van der Waals surface area contributed by atoms with Gasteiger partial charge in [0.25, 0.3) is 5.91 Å². The summed E-state index contributed by atoms with van der Waals surface area (Å²) >= 11 is 0. The van der Waals surface area contributed by atoms with E-state index in [-0.39, 0.29) is 6.42 Å². The first-order valence-corrected chi connectivity index (χ1v) is 9.14. The number of amides is 1. The third-order valence-corrected chi connectivity index (χ3v) is 4.75. The minimum atomic E-state index is -1.74. The molecule has 138 valence electrons. The van der Waals surface area contributed by atoms with Crippen molar-refractivity contribution in [3.63, 3.8) is 0 Å². The Morgan fingerprint density at radius 1 is 0.821 bits per heavy atom. The quantitative estimate of drug-likeness (QED) is 0.552. The highest BCUT2D eigenvalue weighted by Gasteiger charge is 2.38. The number of rotatable bonds is 5. The summed E-state index contributed by atoms with van der Waals surface area (Å²) in [5.41, 5.74) is 0.894. The van der Waals surface area contributed by atoms with Gasteiger partial charge in [-0.3, -0.25) is 9.78 Å². The molecule has 1 heterocycles. The van der Waals surface area contributed by atoms with Gasteiger partial charge in [-0.1, -0.05) is 72.8 Å². The van der Waals surface area contributed by atoms with Crippen LogP contribution in [0.1, 0.15) is 11.3 Å². The summed E-state index contributed by atoms with van der Waals surface area (Å²) < 4.78 is 0. The minimum Gasteiger partial charge on any atom is -0.375 e. The number of para-hydroxylation sites is 2. The van der Waals surface area contributed by atoms with E-state index in [9.17, 15) is 9.90 Å². The first-order valence-electron chi connectivity index (χ1n) is 9.14. The average molecular weight is 368 g/mol. The summed E-state index contributed by atoms with van der Waals surface area (Å²) in [6.45, 7) is 0.